The highest BCUT2D eigenvalue weighted by Gasteiger charge is 2.16. The molecule has 0 aliphatic carbocycles. The van der Waals surface area contributed by atoms with Gasteiger partial charge in [0.2, 0.25) is 0 Å². The van der Waals surface area contributed by atoms with Crippen LogP contribution in [0.3, 0.4) is 0 Å². The average Bonchev–Trinajstić information content (AvgIpc) is 3.58. The van der Waals surface area contributed by atoms with Crippen molar-refractivity contribution in [1.82, 2.24) is 40.0 Å². The molecule has 8 nitrogen and oxygen atoms in total. The van der Waals surface area contributed by atoms with Gasteiger partial charge < -0.3 is 4.98 Å². The smallest absolute Gasteiger partial charge is 0.155 e. The summed E-state index contributed by atoms with van der Waals surface area (Å²) in [5.74, 6) is 0. The minimum Gasteiger partial charge on any atom is -0.352 e. The van der Waals surface area contributed by atoms with Crippen molar-refractivity contribution in [3.63, 3.8) is 0 Å². The molecule has 1 aliphatic heterocycles. The van der Waals surface area contributed by atoms with Gasteiger partial charge in [-0.05, 0) is 55.8 Å². The van der Waals surface area contributed by atoms with E-state index in [0.717, 1.165) is 62.1 Å². The highest BCUT2D eigenvalue weighted by Crippen LogP contribution is 2.34. The average molecular weight is 487 g/mol. The van der Waals surface area contributed by atoms with Gasteiger partial charge in [-0.3, -0.25) is 25.0 Å². The Bertz CT molecular complexity index is 1700. The van der Waals surface area contributed by atoms with E-state index in [2.05, 4.69) is 58.2 Å². The molecule has 2 N–H and O–H groups in total. The van der Waals surface area contributed by atoms with E-state index in [1.807, 2.05) is 49.3 Å². The zero-order chi connectivity index (χ0) is 24.6. The van der Waals surface area contributed by atoms with Crippen molar-refractivity contribution in [2.75, 3.05) is 13.1 Å². The summed E-state index contributed by atoms with van der Waals surface area (Å²) in [4.78, 5) is 24.0. The van der Waals surface area contributed by atoms with Crippen molar-refractivity contribution in [1.29, 1.82) is 0 Å². The molecule has 182 valence electrons. The maximum absolute atomic E-state index is 4.68. The Morgan fingerprint density at radius 2 is 1.65 bits per heavy atom. The summed E-state index contributed by atoms with van der Waals surface area (Å²) in [6.07, 6.45) is 17.0. The first kappa shape index (κ1) is 21.8. The van der Waals surface area contributed by atoms with E-state index >= 15 is 0 Å². The predicted molar refractivity (Wildman–Crippen MR) is 145 cm³/mol. The van der Waals surface area contributed by atoms with Gasteiger partial charge in [-0.2, -0.15) is 5.10 Å². The molecule has 7 rings (SSSR count). The van der Waals surface area contributed by atoms with Gasteiger partial charge in [0.1, 0.15) is 5.69 Å². The molecule has 0 unspecified atom stereocenters. The number of piperidine rings is 1. The largest absolute Gasteiger partial charge is 0.352 e. The molecule has 6 aromatic heterocycles. The van der Waals surface area contributed by atoms with Gasteiger partial charge in [0.15, 0.2) is 5.65 Å². The number of hydrogen-bond donors (Lipinski definition) is 2. The fourth-order valence-corrected chi connectivity index (χ4v) is 5.31. The number of rotatable bonds is 5. The summed E-state index contributed by atoms with van der Waals surface area (Å²) in [6.45, 7) is 3.27. The minimum atomic E-state index is 0.750. The standard InChI is InChI=1S/C29H26N8/c1-2-7-37(8-3-1)18-19-9-21(14-31-12-19)22-10-24-28(35-36-29(24)33-15-22)26-11-23-25(16-32-17-27(23)34-26)20-5-4-6-30-13-20/h4-6,9-17,34H,1-3,7-8,18H2,(H,33,35,36). The second-order valence-electron chi connectivity index (χ2n) is 9.68. The third-order valence-corrected chi connectivity index (χ3v) is 7.17. The van der Waals surface area contributed by atoms with Crippen LogP contribution in [0.2, 0.25) is 0 Å². The normalized spacial score (nSPS) is 14.5. The Kier molecular flexibility index (Phi) is 5.44. The van der Waals surface area contributed by atoms with Gasteiger partial charge in [-0.1, -0.05) is 12.5 Å². The third-order valence-electron chi connectivity index (χ3n) is 7.17. The molecule has 0 amide bonds. The molecule has 0 saturated carbocycles. The fourth-order valence-electron chi connectivity index (χ4n) is 5.31. The quantitative estimate of drug-likeness (QED) is 0.329. The molecule has 7 heterocycles. The highest BCUT2D eigenvalue weighted by molar-refractivity contribution is 6.00. The molecule has 1 saturated heterocycles. The Balaban J connectivity index is 1.26. The summed E-state index contributed by atoms with van der Waals surface area (Å²) in [5.41, 5.74) is 8.82. The van der Waals surface area contributed by atoms with Gasteiger partial charge in [0, 0.05) is 76.8 Å². The van der Waals surface area contributed by atoms with Crippen LogP contribution < -0.4 is 0 Å². The maximum Gasteiger partial charge on any atom is 0.155 e. The van der Waals surface area contributed by atoms with Crippen molar-refractivity contribution in [2.24, 2.45) is 0 Å². The van der Waals surface area contributed by atoms with Crippen LogP contribution in [0.5, 0.6) is 0 Å². The van der Waals surface area contributed by atoms with Crippen molar-refractivity contribution in [3.05, 3.63) is 79.3 Å². The van der Waals surface area contributed by atoms with Gasteiger partial charge >= 0.3 is 0 Å². The van der Waals surface area contributed by atoms with Crippen LogP contribution in [0.1, 0.15) is 24.8 Å². The molecule has 0 bridgehead atoms. The number of hydrogen-bond acceptors (Lipinski definition) is 6. The second-order valence-corrected chi connectivity index (χ2v) is 9.68. The predicted octanol–water partition coefficient (Wildman–Crippen LogP) is 5.61. The minimum absolute atomic E-state index is 0.750. The number of fused-ring (bicyclic) bond motifs is 2. The number of aromatic nitrogens is 7. The van der Waals surface area contributed by atoms with Gasteiger partial charge in [-0.15, -0.1) is 0 Å². The van der Waals surface area contributed by atoms with Crippen LogP contribution in [0.4, 0.5) is 0 Å². The molecule has 6 aromatic rings. The summed E-state index contributed by atoms with van der Waals surface area (Å²) >= 11 is 0. The van der Waals surface area contributed by atoms with Gasteiger partial charge in [0.25, 0.3) is 0 Å². The highest BCUT2D eigenvalue weighted by atomic mass is 15.2. The molecule has 0 spiro atoms. The van der Waals surface area contributed by atoms with Crippen LogP contribution in [0.15, 0.2) is 73.7 Å². The number of pyridine rings is 4. The molecule has 1 aliphatic rings. The lowest BCUT2D eigenvalue weighted by Gasteiger charge is -2.26. The Morgan fingerprint density at radius 1 is 0.784 bits per heavy atom. The summed E-state index contributed by atoms with van der Waals surface area (Å²) in [7, 11) is 0. The topological polar surface area (TPSA) is 99.3 Å². The molecule has 0 aromatic carbocycles. The van der Waals surface area contributed by atoms with Crippen molar-refractivity contribution in [2.45, 2.75) is 25.8 Å². The van der Waals surface area contributed by atoms with Crippen LogP contribution in [0, 0.1) is 0 Å². The fraction of sp³-hybridized carbons (Fsp3) is 0.207. The monoisotopic (exact) mass is 486 g/mol. The van der Waals surface area contributed by atoms with Crippen LogP contribution >= 0.6 is 0 Å². The number of nitrogens with one attached hydrogen (secondary N) is 2. The van der Waals surface area contributed by atoms with E-state index in [9.17, 15) is 0 Å². The molecule has 1 fully saturated rings. The maximum atomic E-state index is 4.68. The lowest BCUT2D eigenvalue weighted by atomic mass is 10.0. The van der Waals surface area contributed by atoms with Crippen molar-refractivity contribution >= 4 is 21.9 Å². The molecular weight excluding hydrogens is 460 g/mol. The third kappa shape index (κ3) is 4.15. The van der Waals surface area contributed by atoms with Crippen LogP contribution in [0.25, 0.3) is 55.6 Å². The zero-order valence-electron chi connectivity index (χ0n) is 20.4. The number of likely N-dealkylation sites (tertiary alicyclic amines) is 1. The Labute approximate surface area is 213 Å². The van der Waals surface area contributed by atoms with E-state index in [1.165, 1.54) is 37.9 Å². The molecule has 8 heteroatoms. The lowest BCUT2D eigenvalue weighted by molar-refractivity contribution is 0.220. The van der Waals surface area contributed by atoms with Gasteiger partial charge in [0.05, 0.1) is 17.4 Å². The van der Waals surface area contributed by atoms with E-state index < -0.39 is 0 Å². The van der Waals surface area contributed by atoms with E-state index in [0.29, 0.717) is 0 Å². The van der Waals surface area contributed by atoms with E-state index in [1.54, 1.807) is 6.20 Å². The summed E-state index contributed by atoms with van der Waals surface area (Å²) in [5, 5.41) is 9.75. The Morgan fingerprint density at radius 3 is 2.54 bits per heavy atom. The SMILES string of the molecule is c1cncc(-c2cncc3[nH]c(-c4n[nH]c5ncc(-c6cncc(CN7CCCCC7)c6)cc45)cc23)c1. The molecule has 0 atom stereocenters. The number of H-pyrrole nitrogens is 2. The van der Waals surface area contributed by atoms with E-state index in [4.69, 9.17) is 0 Å². The molecular formula is C29H26N8. The first-order valence-electron chi connectivity index (χ1n) is 12.7. The second kappa shape index (κ2) is 9.22. The first-order valence-corrected chi connectivity index (χ1v) is 12.7. The van der Waals surface area contributed by atoms with Crippen molar-refractivity contribution < 1.29 is 0 Å². The van der Waals surface area contributed by atoms with Gasteiger partial charge in [-0.25, -0.2) is 4.98 Å². The number of nitrogens with zero attached hydrogens (tertiary/aromatic N) is 6. The number of aromatic amines is 2. The summed E-state index contributed by atoms with van der Waals surface area (Å²) < 4.78 is 0. The Hall–Kier alpha value is -4.43. The first-order chi connectivity index (χ1) is 18.3. The lowest BCUT2D eigenvalue weighted by Crippen LogP contribution is -2.29. The van der Waals surface area contributed by atoms with Crippen LogP contribution in [-0.4, -0.2) is 53.1 Å². The molecule has 0 radical (unpaired) electrons. The van der Waals surface area contributed by atoms with Crippen LogP contribution in [-0.2, 0) is 6.54 Å². The van der Waals surface area contributed by atoms with Crippen molar-refractivity contribution in [3.8, 4) is 33.6 Å². The van der Waals surface area contributed by atoms with E-state index in [-0.39, 0.29) is 0 Å². The molecule has 37 heavy (non-hydrogen) atoms. The zero-order valence-corrected chi connectivity index (χ0v) is 20.4. The summed E-state index contributed by atoms with van der Waals surface area (Å²) in [6, 6.07) is 10.5.